The van der Waals surface area contributed by atoms with Gasteiger partial charge in [0.25, 0.3) is 5.56 Å². The van der Waals surface area contributed by atoms with Crippen molar-refractivity contribution in [3.63, 3.8) is 0 Å². The van der Waals surface area contributed by atoms with Crippen molar-refractivity contribution in [2.75, 3.05) is 20.1 Å². The number of aryl methyl sites for hydroxylation is 1. The standard InChI is InChI=1S/C31H43N5O3/c1-20(2)15-27(31(38)39-25-7-5-6-8-25)32-18-22-9-10-28-26(17-22)34-29(23-16-21(3)30(37)33-19-23)36(28)24-11-13-35(4)14-12-24/h9-10,16-17,19-20,24-25,27,32H,5-8,11-15,18H2,1-4H3,(H,33,37). The summed E-state index contributed by atoms with van der Waals surface area (Å²) >= 11 is 0. The molecular formula is C31H43N5O3. The summed E-state index contributed by atoms with van der Waals surface area (Å²) in [6.45, 7) is 8.77. The number of hydrogen-bond acceptors (Lipinski definition) is 6. The molecule has 2 fully saturated rings. The van der Waals surface area contributed by atoms with Gasteiger partial charge in [-0.2, -0.15) is 0 Å². The number of piperidine rings is 1. The highest BCUT2D eigenvalue weighted by atomic mass is 16.5. The highest BCUT2D eigenvalue weighted by Crippen LogP contribution is 2.33. The minimum Gasteiger partial charge on any atom is -0.461 e. The molecule has 0 spiro atoms. The summed E-state index contributed by atoms with van der Waals surface area (Å²) in [6, 6.07) is 8.38. The zero-order valence-electron chi connectivity index (χ0n) is 23.8. The maximum Gasteiger partial charge on any atom is 0.323 e. The first-order valence-electron chi connectivity index (χ1n) is 14.6. The Morgan fingerprint density at radius 3 is 2.59 bits per heavy atom. The molecule has 210 valence electrons. The molecule has 1 saturated carbocycles. The molecule has 1 aliphatic carbocycles. The summed E-state index contributed by atoms with van der Waals surface area (Å²) < 4.78 is 8.22. The van der Waals surface area contributed by atoms with Gasteiger partial charge in [0.2, 0.25) is 0 Å². The van der Waals surface area contributed by atoms with E-state index in [0.717, 1.165) is 86.0 Å². The first-order chi connectivity index (χ1) is 18.8. The van der Waals surface area contributed by atoms with Gasteiger partial charge in [0.1, 0.15) is 18.0 Å². The van der Waals surface area contributed by atoms with Crippen molar-refractivity contribution in [2.24, 2.45) is 5.92 Å². The number of imidazole rings is 1. The number of aromatic amines is 1. The molecule has 0 radical (unpaired) electrons. The number of fused-ring (bicyclic) bond motifs is 1. The number of benzene rings is 1. The smallest absolute Gasteiger partial charge is 0.323 e. The number of carbonyl (C=O) groups excluding carboxylic acids is 1. The number of nitrogens with zero attached hydrogens (tertiary/aromatic N) is 3. The van der Waals surface area contributed by atoms with E-state index in [1.165, 1.54) is 0 Å². The number of likely N-dealkylation sites (tertiary alicyclic amines) is 1. The molecule has 5 rings (SSSR count). The molecule has 3 aromatic rings. The predicted octanol–water partition coefficient (Wildman–Crippen LogP) is 4.96. The molecule has 0 amide bonds. The van der Waals surface area contributed by atoms with Crippen LogP contribution in [0.4, 0.5) is 0 Å². The summed E-state index contributed by atoms with van der Waals surface area (Å²) in [5, 5.41) is 3.49. The summed E-state index contributed by atoms with van der Waals surface area (Å²) in [7, 11) is 2.17. The number of pyridine rings is 1. The molecule has 8 heteroatoms. The topological polar surface area (TPSA) is 92.2 Å². The first kappa shape index (κ1) is 27.6. The minimum absolute atomic E-state index is 0.0727. The lowest BCUT2D eigenvalue weighted by atomic mass is 10.0. The van der Waals surface area contributed by atoms with Crippen molar-refractivity contribution in [1.29, 1.82) is 0 Å². The Labute approximate surface area is 231 Å². The van der Waals surface area contributed by atoms with E-state index in [0.29, 0.717) is 24.1 Å². The van der Waals surface area contributed by atoms with Crippen molar-refractivity contribution >= 4 is 17.0 Å². The molecule has 8 nitrogen and oxygen atoms in total. The van der Waals surface area contributed by atoms with Crippen molar-refractivity contribution < 1.29 is 9.53 Å². The SMILES string of the molecule is Cc1cc(-c2nc3cc(CNC(CC(C)C)C(=O)OC4CCCC4)ccc3n2C2CCN(C)CC2)c[nH]c1=O. The van der Waals surface area contributed by atoms with Gasteiger partial charge < -0.3 is 24.5 Å². The largest absolute Gasteiger partial charge is 0.461 e. The third kappa shape index (κ3) is 6.44. The average Bonchev–Trinajstić information content (AvgIpc) is 3.56. The van der Waals surface area contributed by atoms with Gasteiger partial charge >= 0.3 is 5.97 Å². The van der Waals surface area contributed by atoms with Gasteiger partial charge in [-0.05, 0) is 102 Å². The van der Waals surface area contributed by atoms with E-state index in [1.54, 1.807) is 6.20 Å². The number of carbonyl (C=O) groups is 1. The summed E-state index contributed by atoms with van der Waals surface area (Å²) in [6.07, 6.45) is 8.95. The molecule has 0 bridgehead atoms. The van der Waals surface area contributed by atoms with E-state index < -0.39 is 0 Å². The normalized spacial score (nSPS) is 18.3. The lowest BCUT2D eigenvalue weighted by molar-refractivity contribution is -0.151. The van der Waals surface area contributed by atoms with E-state index in [1.807, 2.05) is 13.0 Å². The molecule has 2 N–H and O–H groups in total. The van der Waals surface area contributed by atoms with Gasteiger partial charge in [-0.1, -0.05) is 19.9 Å². The van der Waals surface area contributed by atoms with Gasteiger partial charge in [0, 0.05) is 29.9 Å². The van der Waals surface area contributed by atoms with Crippen LogP contribution >= 0.6 is 0 Å². The fourth-order valence-electron chi connectivity index (χ4n) is 6.04. The number of ether oxygens (including phenoxy) is 1. The maximum atomic E-state index is 13.0. The van der Waals surface area contributed by atoms with Crippen LogP contribution in [0.3, 0.4) is 0 Å². The van der Waals surface area contributed by atoms with Crippen LogP contribution < -0.4 is 10.9 Å². The van der Waals surface area contributed by atoms with Gasteiger partial charge in [-0.25, -0.2) is 4.98 Å². The minimum atomic E-state index is -0.322. The monoisotopic (exact) mass is 533 g/mol. The summed E-state index contributed by atoms with van der Waals surface area (Å²) in [5.41, 5.74) is 4.65. The van der Waals surface area contributed by atoms with Gasteiger partial charge in [-0.3, -0.25) is 9.59 Å². The van der Waals surface area contributed by atoms with E-state index in [4.69, 9.17) is 9.72 Å². The molecular weight excluding hydrogens is 490 g/mol. The van der Waals surface area contributed by atoms with Crippen molar-refractivity contribution in [2.45, 2.75) is 90.4 Å². The number of hydrogen-bond donors (Lipinski definition) is 2. The highest BCUT2D eigenvalue weighted by molar-refractivity contribution is 5.81. The molecule has 2 aliphatic rings. The average molecular weight is 534 g/mol. The quantitative estimate of drug-likeness (QED) is 0.378. The molecule has 2 aromatic heterocycles. The van der Waals surface area contributed by atoms with E-state index in [-0.39, 0.29) is 23.7 Å². The van der Waals surface area contributed by atoms with E-state index >= 15 is 0 Å². The zero-order chi connectivity index (χ0) is 27.5. The maximum absolute atomic E-state index is 13.0. The summed E-state index contributed by atoms with van der Waals surface area (Å²) in [5.74, 6) is 1.15. The van der Waals surface area contributed by atoms with Crippen molar-refractivity contribution in [3.8, 4) is 11.4 Å². The Morgan fingerprint density at radius 2 is 1.90 bits per heavy atom. The number of esters is 1. The second-order valence-electron chi connectivity index (χ2n) is 12.0. The number of H-pyrrole nitrogens is 1. The van der Waals surface area contributed by atoms with Crippen LogP contribution in [0.1, 0.15) is 76.0 Å². The van der Waals surface area contributed by atoms with Crippen molar-refractivity contribution in [3.05, 3.63) is 51.9 Å². The second kappa shape index (κ2) is 12.0. The molecule has 1 aliphatic heterocycles. The molecule has 1 atom stereocenters. The Hall–Kier alpha value is -2.97. The van der Waals surface area contributed by atoms with Crippen LogP contribution in [0, 0.1) is 12.8 Å². The predicted molar refractivity (Wildman–Crippen MR) is 155 cm³/mol. The third-order valence-corrected chi connectivity index (χ3v) is 8.28. The van der Waals surface area contributed by atoms with Crippen LogP contribution in [0.25, 0.3) is 22.4 Å². The lowest BCUT2D eigenvalue weighted by Gasteiger charge is -2.31. The van der Waals surface area contributed by atoms with E-state index in [2.05, 4.69) is 58.9 Å². The molecule has 3 heterocycles. The number of nitrogens with one attached hydrogen (secondary N) is 2. The summed E-state index contributed by atoms with van der Waals surface area (Å²) in [4.78, 5) is 35.4. The molecule has 1 unspecified atom stereocenters. The van der Waals surface area contributed by atoms with Crippen molar-refractivity contribution in [1.82, 2.24) is 24.8 Å². The Kier molecular flexibility index (Phi) is 8.52. The van der Waals surface area contributed by atoms with Gasteiger partial charge in [0.15, 0.2) is 0 Å². The Morgan fingerprint density at radius 1 is 1.15 bits per heavy atom. The molecule has 1 aromatic carbocycles. The zero-order valence-corrected chi connectivity index (χ0v) is 23.8. The van der Waals surface area contributed by atoms with Crippen LogP contribution in [0.2, 0.25) is 0 Å². The molecule has 1 saturated heterocycles. The van der Waals surface area contributed by atoms with E-state index in [9.17, 15) is 9.59 Å². The Bertz CT molecular complexity index is 1350. The van der Waals surface area contributed by atoms with Crippen LogP contribution in [0.15, 0.2) is 35.3 Å². The highest BCUT2D eigenvalue weighted by Gasteiger charge is 2.27. The third-order valence-electron chi connectivity index (χ3n) is 8.28. The fourth-order valence-corrected chi connectivity index (χ4v) is 6.04. The van der Waals surface area contributed by atoms with Gasteiger partial charge in [-0.15, -0.1) is 0 Å². The Balaban J connectivity index is 1.41. The first-order valence-corrected chi connectivity index (χ1v) is 14.6. The van der Waals surface area contributed by atoms with Gasteiger partial charge in [0.05, 0.1) is 11.0 Å². The van der Waals surface area contributed by atoms with Crippen LogP contribution in [0.5, 0.6) is 0 Å². The second-order valence-corrected chi connectivity index (χ2v) is 12.0. The fraction of sp³-hybridized carbons (Fsp3) is 0.581. The number of rotatable bonds is 9. The number of aromatic nitrogens is 3. The lowest BCUT2D eigenvalue weighted by Crippen LogP contribution is -2.40. The van der Waals surface area contributed by atoms with Crippen LogP contribution in [-0.4, -0.2) is 57.7 Å². The van der Waals surface area contributed by atoms with Crippen LogP contribution in [-0.2, 0) is 16.1 Å². The molecule has 39 heavy (non-hydrogen) atoms.